The summed E-state index contributed by atoms with van der Waals surface area (Å²) in [5.41, 5.74) is -0.237. The van der Waals surface area contributed by atoms with Gasteiger partial charge in [0.15, 0.2) is 0 Å². The van der Waals surface area contributed by atoms with E-state index in [1.165, 1.54) is 0 Å². The Kier molecular flexibility index (Phi) is 5.73. The molecule has 86 valence electrons. The van der Waals surface area contributed by atoms with Crippen LogP contribution in [0.2, 0.25) is 0 Å². The van der Waals surface area contributed by atoms with Gasteiger partial charge in [0.2, 0.25) is 0 Å². The maximum Gasteiger partial charge on any atom is 0.412 e. The smallest absolute Gasteiger partial charge is 0.166 e. The number of hydrogen-bond acceptors (Lipinski definition) is 0. The van der Waals surface area contributed by atoms with Crippen LogP contribution < -0.4 is 0 Å². The molecule has 0 atom stereocenters. The van der Waals surface area contributed by atoms with E-state index in [1.807, 2.05) is 6.92 Å². The Labute approximate surface area is 93.1 Å². The van der Waals surface area contributed by atoms with Crippen LogP contribution in [-0.4, -0.2) is 6.18 Å². The van der Waals surface area contributed by atoms with Crippen LogP contribution in [0.1, 0.15) is 27.2 Å². The minimum atomic E-state index is -4.28. The average molecular weight is 239 g/mol. The molecule has 0 amide bonds. The molecule has 0 aliphatic carbocycles. The Morgan fingerprint density at radius 3 is 2.20 bits per heavy atom. The van der Waals surface area contributed by atoms with Crippen molar-refractivity contribution in [1.82, 2.24) is 0 Å². The van der Waals surface area contributed by atoms with Gasteiger partial charge in [0.1, 0.15) is 0 Å². The Morgan fingerprint density at radius 1 is 1.27 bits per heavy atom. The molecule has 0 fully saturated rings. The van der Waals surface area contributed by atoms with Gasteiger partial charge in [0.05, 0.1) is 0 Å². The second kappa shape index (κ2) is 6.01. The summed E-state index contributed by atoms with van der Waals surface area (Å²) in [5.74, 6) is 0. The Bertz CT molecular complexity index is 295. The lowest BCUT2D eigenvalue weighted by atomic mass is 10.1. The number of allylic oxidation sites excluding steroid dienone is 6. The fourth-order valence-corrected chi connectivity index (χ4v) is 0.972. The minimum Gasteiger partial charge on any atom is -0.166 e. The lowest BCUT2D eigenvalue weighted by Gasteiger charge is -2.06. The molecule has 0 aromatic carbocycles. The van der Waals surface area contributed by atoms with Gasteiger partial charge in [0, 0.05) is 10.6 Å². The largest absolute Gasteiger partial charge is 0.412 e. The van der Waals surface area contributed by atoms with Gasteiger partial charge < -0.3 is 0 Å². The lowest BCUT2D eigenvalue weighted by Crippen LogP contribution is -2.08. The van der Waals surface area contributed by atoms with Gasteiger partial charge in [-0.2, -0.15) is 13.2 Å². The molecule has 0 aromatic rings. The van der Waals surface area contributed by atoms with E-state index in [0.29, 0.717) is 10.6 Å². The molecule has 0 aromatic heterocycles. The van der Waals surface area contributed by atoms with Crippen molar-refractivity contribution in [3.05, 3.63) is 34.4 Å². The van der Waals surface area contributed by atoms with Crippen LogP contribution in [0.25, 0.3) is 0 Å². The predicted octanol–water partition coefficient (Wildman–Crippen LogP) is 4.97. The summed E-state index contributed by atoms with van der Waals surface area (Å²) in [4.78, 5) is 0. The zero-order valence-corrected chi connectivity index (χ0v) is 9.71. The monoisotopic (exact) mass is 238 g/mol. The highest BCUT2D eigenvalue weighted by atomic mass is 35.5. The normalized spacial score (nSPS) is 15.8. The highest BCUT2D eigenvalue weighted by molar-refractivity contribution is 6.31. The summed E-state index contributed by atoms with van der Waals surface area (Å²) in [6.45, 7) is 4.50. The van der Waals surface area contributed by atoms with Gasteiger partial charge >= 0.3 is 6.18 Å². The topological polar surface area (TPSA) is 0 Å². The van der Waals surface area contributed by atoms with Crippen LogP contribution >= 0.6 is 11.6 Å². The van der Waals surface area contributed by atoms with E-state index < -0.39 is 11.7 Å². The van der Waals surface area contributed by atoms with Crippen LogP contribution in [0.5, 0.6) is 0 Å². The molecule has 0 saturated carbocycles. The summed E-state index contributed by atoms with van der Waals surface area (Å²) >= 11 is 5.79. The number of halogens is 4. The van der Waals surface area contributed by atoms with Crippen LogP contribution in [0, 0.1) is 0 Å². The molecule has 0 bridgehead atoms. The Balaban J connectivity index is 4.87. The molecule has 15 heavy (non-hydrogen) atoms. The van der Waals surface area contributed by atoms with Gasteiger partial charge in [-0.15, -0.1) is 0 Å². The highest BCUT2D eigenvalue weighted by Gasteiger charge is 2.29. The van der Waals surface area contributed by atoms with Crippen molar-refractivity contribution in [2.24, 2.45) is 0 Å². The van der Waals surface area contributed by atoms with Gasteiger partial charge in [-0.3, -0.25) is 0 Å². The Hall–Kier alpha value is -0.700. The third-order valence-electron chi connectivity index (χ3n) is 1.76. The van der Waals surface area contributed by atoms with Crippen LogP contribution in [0.4, 0.5) is 13.2 Å². The molecule has 0 aliphatic heterocycles. The third kappa shape index (κ3) is 5.67. The summed E-state index contributed by atoms with van der Waals surface area (Å²) < 4.78 is 36.5. The number of hydrogen-bond donors (Lipinski definition) is 0. The van der Waals surface area contributed by atoms with E-state index in [1.54, 1.807) is 19.1 Å². The molecule has 0 nitrogen and oxygen atoms in total. The standard InChI is InChI=1S/C11H14ClF3/c1-4-5-6-10(12)8(2)7-9(3)11(13,14)15/h5-7H,4H2,1-3H3/b6-5+,9-7+,10-8+. The third-order valence-corrected chi connectivity index (χ3v) is 2.18. The fraction of sp³-hybridized carbons (Fsp3) is 0.455. The van der Waals surface area contributed by atoms with Crippen LogP contribution in [0.3, 0.4) is 0 Å². The van der Waals surface area contributed by atoms with Crippen molar-refractivity contribution in [2.75, 3.05) is 0 Å². The molecule has 0 aliphatic rings. The molecule has 0 N–H and O–H groups in total. The zero-order valence-electron chi connectivity index (χ0n) is 8.95. The average Bonchev–Trinajstić information content (AvgIpc) is 2.12. The van der Waals surface area contributed by atoms with Crippen LogP contribution in [0.15, 0.2) is 34.4 Å². The first-order valence-electron chi connectivity index (χ1n) is 4.57. The van der Waals surface area contributed by atoms with Crippen molar-refractivity contribution in [3.63, 3.8) is 0 Å². The summed E-state index contributed by atoms with van der Waals surface area (Å²) in [7, 11) is 0. The zero-order chi connectivity index (χ0) is 12.1. The molecule has 0 heterocycles. The molecule has 4 heteroatoms. The molecular weight excluding hydrogens is 225 g/mol. The lowest BCUT2D eigenvalue weighted by molar-refractivity contribution is -0.0913. The molecule has 0 rings (SSSR count). The van der Waals surface area contributed by atoms with E-state index >= 15 is 0 Å². The predicted molar refractivity (Wildman–Crippen MR) is 57.8 cm³/mol. The summed E-state index contributed by atoms with van der Waals surface area (Å²) in [6, 6.07) is 0. The number of rotatable bonds is 3. The first-order chi connectivity index (χ1) is 6.79. The highest BCUT2D eigenvalue weighted by Crippen LogP contribution is 2.27. The van der Waals surface area contributed by atoms with Crippen molar-refractivity contribution in [1.29, 1.82) is 0 Å². The van der Waals surface area contributed by atoms with E-state index in [-0.39, 0.29) is 0 Å². The molecule has 0 saturated heterocycles. The molecular formula is C11H14ClF3. The quantitative estimate of drug-likeness (QED) is 0.609. The van der Waals surface area contributed by atoms with Crippen molar-refractivity contribution in [2.45, 2.75) is 33.4 Å². The minimum absolute atomic E-state index is 0.334. The summed E-state index contributed by atoms with van der Waals surface area (Å²) in [6.07, 6.45) is 0.959. The molecule has 0 radical (unpaired) electrons. The maximum atomic E-state index is 12.2. The van der Waals surface area contributed by atoms with Crippen molar-refractivity contribution >= 4 is 11.6 Å². The molecule has 0 unspecified atom stereocenters. The second-order valence-corrected chi connectivity index (χ2v) is 3.57. The Morgan fingerprint density at radius 2 is 1.80 bits per heavy atom. The van der Waals surface area contributed by atoms with E-state index in [9.17, 15) is 13.2 Å². The SMILES string of the molecule is CC/C=C/C(Cl)=C(C)\C=C(/C)C(F)(F)F. The van der Waals surface area contributed by atoms with Gasteiger partial charge in [-0.25, -0.2) is 0 Å². The second-order valence-electron chi connectivity index (χ2n) is 3.17. The van der Waals surface area contributed by atoms with Crippen molar-refractivity contribution in [3.8, 4) is 0 Å². The summed E-state index contributed by atoms with van der Waals surface area (Å²) in [5, 5.41) is 0.334. The van der Waals surface area contributed by atoms with Gasteiger partial charge in [0.25, 0.3) is 0 Å². The van der Waals surface area contributed by atoms with E-state index in [4.69, 9.17) is 11.6 Å². The van der Waals surface area contributed by atoms with E-state index in [0.717, 1.165) is 19.4 Å². The first kappa shape index (κ1) is 14.3. The maximum absolute atomic E-state index is 12.2. The first-order valence-corrected chi connectivity index (χ1v) is 4.95. The van der Waals surface area contributed by atoms with Crippen LogP contribution in [-0.2, 0) is 0 Å². The number of alkyl halides is 3. The van der Waals surface area contributed by atoms with Gasteiger partial charge in [-0.1, -0.05) is 24.6 Å². The van der Waals surface area contributed by atoms with E-state index in [2.05, 4.69) is 0 Å². The van der Waals surface area contributed by atoms with Crippen molar-refractivity contribution < 1.29 is 13.2 Å². The molecule has 0 spiro atoms. The fourth-order valence-electron chi connectivity index (χ4n) is 0.828. The van der Waals surface area contributed by atoms with Gasteiger partial charge in [-0.05, 0) is 38.0 Å².